The van der Waals surface area contributed by atoms with E-state index in [1.54, 1.807) is 12.1 Å². The first-order valence-corrected chi connectivity index (χ1v) is 8.06. The Balaban J connectivity index is 0. The standard InChI is InChI=1S/C10H13BO2.2C3H9N/c1-2-3-4-9-5-7-10(8-6-9)11(12)13;2*1-2-3-4/h5-8H,2-4H2,1H3;2*2-4H2,1H3/q-2;;/p+2. The van der Waals surface area contributed by atoms with Gasteiger partial charge in [0.25, 0.3) is 0 Å². The summed E-state index contributed by atoms with van der Waals surface area (Å²) in [6.07, 6.45) is 5.75. The molecule has 1 aromatic carbocycles. The molecule has 6 N–H and O–H groups in total. The number of rotatable bonds is 6. The lowest BCUT2D eigenvalue weighted by Crippen LogP contribution is -2.55. The third-order valence-corrected chi connectivity index (χ3v) is 2.78. The molecule has 122 valence electrons. The summed E-state index contributed by atoms with van der Waals surface area (Å²) in [5.74, 6) is 0. The largest absolute Gasteiger partial charge is 0.889 e. The maximum Gasteiger partial charge on any atom is 0.0737 e. The molecule has 0 unspecified atom stereocenters. The number of unbranched alkanes of at least 4 members (excludes halogenated alkanes) is 1. The Bertz CT molecular complexity index is 298. The van der Waals surface area contributed by atoms with E-state index >= 15 is 0 Å². The van der Waals surface area contributed by atoms with Crippen LogP contribution in [0.15, 0.2) is 24.3 Å². The van der Waals surface area contributed by atoms with E-state index in [1.165, 1.54) is 18.4 Å². The third kappa shape index (κ3) is 15.3. The van der Waals surface area contributed by atoms with E-state index < -0.39 is 7.12 Å². The van der Waals surface area contributed by atoms with Crippen molar-refractivity contribution < 1.29 is 21.5 Å². The molecule has 1 rings (SSSR count). The topological polar surface area (TPSA) is 101 Å². The van der Waals surface area contributed by atoms with Gasteiger partial charge in [-0.3, -0.25) is 0 Å². The Morgan fingerprint density at radius 1 is 0.857 bits per heavy atom. The maximum atomic E-state index is 10.5. The highest BCUT2D eigenvalue weighted by molar-refractivity contribution is 6.55. The van der Waals surface area contributed by atoms with Crippen LogP contribution in [0.5, 0.6) is 0 Å². The predicted octanol–water partition coefficient (Wildman–Crippen LogP) is -1.28. The van der Waals surface area contributed by atoms with Crippen molar-refractivity contribution >= 4 is 12.6 Å². The minimum Gasteiger partial charge on any atom is -0.889 e. The molecule has 0 aliphatic rings. The molecule has 0 saturated carbocycles. The number of benzene rings is 1. The van der Waals surface area contributed by atoms with Gasteiger partial charge in [0, 0.05) is 0 Å². The lowest BCUT2D eigenvalue weighted by Gasteiger charge is -2.26. The second-order valence-corrected chi connectivity index (χ2v) is 4.88. The lowest BCUT2D eigenvalue weighted by atomic mass is 9.80. The Labute approximate surface area is 130 Å². The van der Waals surface area contributed by atoms with Gasteiger partial charge in [-0.2, -0.15) is 0 Å². The van der Waals surface area contributed by atoms with Gasteiger partial charge in [0.1, 0.15) is 0 Å². The third-order valence-electron chi connectivity index (χ3n) is 2.78. The minimum atomic E-state index is -1.85. The number of quaternary nitrogens is 2. The van der Waals surface area contributed by atoms with E-state index in [1.807, 2.05) is 12.1 Å². The van der Waals surface area contributed by atoms with Crippen LogP contribution >= 0.6 is 0 Å². The summed E-state index contributed by atoms with van der Waals surface area (Å²) >= 11 is 0. The maximum absolute atomic E-state index is 10.5. The van der Waals surface area contributed by atoms with Crippen LogP contribution in [0, 0.1) is 0 Å². The molecular formula is C16H33BN2O2. The highest BCUT2D eigenvalue weighted by atomic mass is 16.4. The molecule has 0 atom stereocenters. The van der Waals surface area contributed by atoms with Crippen LogP contribution in [-0.4, -0.2) is 20.2 Å². The lowest BCUT2D eigenvalue weighted by molar-refractivity contribution is -0.367. The van der Waals surface area contributed by atoms with E-state index in [0.29, 0.717) is 5.46 Å². The Kier molecular flexibility index (Phi) is 18.3. The number of hydrogen-bond acceptors (Lipinski definition) is 2. The molecule has 0 amide bonds. The van der Waals surface area contributed by atoms with Crippen LogP contribution in [-0.2, 0) is 6.42 Å². The fraction of sp³-hybridized carbons (Fsp3) is 0.625. The van der Waals surface area contributed by atoms with Crippen molar-refractivity contribution in [3.63, 3.8) is 0 Å². The van der Waals surface area contributed by atoms with Gasteiger partial charge in [0.15, 0.2) is 0 Å². The molecule has 0 heterocycles. The molecule has 0 aromatic heterocycles. The molecule has 0 saturated heterocycles. The van der Waals surface area contributed by atoms with Gasteiger partial charge in [-0.05, 0) is 31.2 Å². The zero-order valence-corrected chi connectivity index (χ0v) is 14.1. The van der Waals surface area contributed by atoms with Crippen LogP contribution in [0.3, 0.4) is 0 Å². The monoisotopic (exact) mass is 296 g/mol. The normalized spacial score (nSPS) is 9.10. The molecule has 0 spiro atoms. The predicted molar refractivity (Wildman–Crippen MR) is 86.5 cm³/mol. The smallest absolute Gasteiger partial charge is 0.0737 e. The van der Waals surface area contributed by atoms with Crippen LogP contribution < -0.4 is 27.0 Å². The molecule has 21 heavy (non-hydrogen) atoms. The van der Waals surface area contributed by atoms with Gasteiger partial charge in [-0.15, -0.1) is 5.46 Å². The van der Waals surface area contributed by atoms with Crippen molar-refractivity contribution in [2.24, 2.45) is 0 Å². The van der Waals surface area contributed by atoms with E-state index in [2.05, 4.69) is 32.2 Å². The summed E-state index contributed by atoms with van der Waals surface area (Å²) in [6.45, 7) is 8.51. The zero-order chi connectivity index (χ0) is 16.5. The van der Waals surface area contributed by atoms with E-state index in [9.17, 15) is 10.0 Å². The molecule has 0 radical (unpaired) electrons. The Morgan fingerprint density at radius 3 is 1.57 bits per heavy atom. The number of aryl methyl sites for hydroxylation is 1. The summed E-state index contributed by atoms with van der Waals surface area (Å²) in [5.41, 5.74) is 8.74. The highest BCUT2D eigenvalue weighted by Crippen LogP contribution is 2.02. The molecule has 1 aromatic rings. The molecule has 0 aliphatic heterocycles. The van der Waals surface area contributed by atoms with Gasteiger partial charge in [0.05, 0.1) is 13.1 Å². The molecule has 4 nitrogen and oxygen atoms in total. The van der Waals surface area contributed by atoms with Crippen molar-refractivity contribution in [2.45, 2.75) is 52.9 Å². The fourth-order valence-electron chi connectivity index (χ4n) is 1.22. The Morgan fingerprint density at radius 2 is 1.29 bits per heavy atom. The van der Waals surface area contributed by atoms with Crippen molar-refractivity contribution in [3.8, 4) is 0 Å². The molecular weight excluding hydrogens is 263 g/mol. The minimum absolute atomic E-state index is 0.334. The van der Waals surface area contributed by atoms with Gasteiger partial charge < -0.3 is 21.5 Å². The summed E-state index contributed by atoms with van der Waals surface area (Å²) in [6, 6.07) is 7.01. The van der Waals surface area contributed by atoms with Gasteiger partial charge in [0.2, 0.25) is 0 Å². The summed E-state index contributed by atoms with van der Waals surface area (Å²) in [7, 11) is -1.85. The van der Waals surface area contributed by atoms with Crippen LogP contribution in [0.4, 0.5) is 0 Å². The van der Waals surface area contributed by atoms with Crippen molar-refractivity contribution in [2.75, 3.05) is 13.1 Å². The quantitative estimate of drug-likeness (QED) is 0.639. The van der Waals surface area contributed by atoms with Crippen LogP contribution in [0.2, 0.25) is 0 Å². The Hall–Kier alpha value is -0.875. The second-order valence-electron chi connectivity index (χ2n) is 4.88. The van der Waals surface area contributed by atoms with E-state index in [0.717, 1.165) is 32.4 Å². The highest BCUT2D eigenvalue weighted by Gasteiger charge is 1.92. The summed E-state index contributed by atoms with van der Waals surface area (Å²) in [4.78, 5) is 0. The average Bonchev–Trinajstić information content (AvgIpc) is 2.53. The molecule has 0 aliphatic carbocycles. The van der Waals surface area contributed by atoms with E-state index in [-0.39, 0.29) is 0 Å². The van der Waals surface area contributed by atoms with Crippen molar-refractivity contribution in [1.82, 2.24) is 0 Å². The van der Waals surface area contributed by atoms with Crippen molar-refractivity contribution in [3.05, 3.63) is 29.8 Å². The fourth-order valence-corrected chi connectivity index (χ4v) is 1.22. The molecule has 5 heteroatoms. The molecule has 0 bridgehead atoms. The second kappa shape index (κ2) is 17.2. The number of hydrogen-bond donors (Lipinski definition) is 2. The summed E-state index contributed by atoms with van der Waals surface area (Å²) in [5, 5.41) is 21.0. The van der Waals surface area contributed by atoms with Gasteiger partial charge >= 0.3 is 0 Å². The van der Waals surface area contributed by atoms with Gasteiger partial charge in [-0.1, -0.05) is 58.6 Å². The van der Waals surface area contributed by atoms with E-state index in [4.69, 9.17) is 0 Å². The molecule has 0 fully saturated rings. The van der Waals surface area contributed by atoms with Gasteiger partial charge in [-0.25, -0.2) is 0 Å². The summed E-state index contributed by atoms with van der Waals surface area (Å²) < 4.78 is 0. The first-order valence-electron chi connectivity index (χ1n) is 8.06. The van der Waals surface area contributed by atoms with Crippen LogP contribution in [0.1, 0.15) is 52.0 Å². The zero-order valence-electron chi connectivity index (χ0n) is 14.1. The van der Waals surface area contributed by atoms with Crippen LogP contribution in [0.25, 0.3) is 0 Å². The first kappa shape index (κ1) is 22.4. The average molecular weight is 296 g/mol. The SMILES string of the molecule is CCCCc1ccc(B([O-])[O-])cc1.CCC[NH3+].CCC[NH3+]. The van der Waals surface area contributed by atoms with Crippen molar-refractivity contribution in [1.29, 1.82) is 0 Å². The first-order chi connectivity index (χ1) is 10.1.